The molecule has 3 rings (SSSR count). The van der Waals surface area contributed by atoms with Crippen molar-refractivity contribution < 1.29 is 9.53 Å². The van der Waals surface area contributed by atoms with Crippen molar-refractivity contribution >= 4 is 11.6 Å². The number of amides is 1. The number of nitrogens with zero attached hydrogens (tertiary/aromatic N) is 1. The minimum Gasteiger partial charge on any atom is -0.497 e. The second-order valence-electron chi connectivity index (χ2n) is 5.96. The Bertz CT molecular complexity index is 902. The molecule has 0 saturated carbocycles. The molecule has 4 nitrogen and oxygen atoms in total. The maximum atomic E-state index is 12.5. The monoisotopic (exact) mass is 332 g/mol. The first-order valence-corrected chi connectivity index (χ1v) is 8.05. The average Bonchev–Trinajstić information content (AvgIpc) is 2.64. The molecule has 0 aliphatic carbocycles. The number of carbonyl (C=O) groups excluding carboxylic acids is 1. The number of hydrogen-bond donors (Lipinski definition) is 1. The first-order valence-electron chi connectivity index (χ1n) is 8.05. The Morgan fingerprint density at radius 1 is 1.00 bits per heavy atom. The van der Waals surface area contributed by atoms with Gasteiger partial charge >= 0.3 is 0 Å². The smallest absolute Gasteiger partial charge is 0.257 e. The van der Waals surface area contributed by atoms with Crippen LogP contribution >= 0.6 is 0 Å². The number of ether oxygens (including phenoxy) is 1. The van der Waals surface area contributed by atoms with E-state index in [0.29, 0.717) is 11.3 Å². The molecule has 3 aromatic rings. The summed E-state index contributed by atoms with van der Waals surface area (Å²) >= 11 is 0. The van der Waals surface area contributed by atoms with Gasteiger partial charge in [-0.1, -0.05) is 23.8 Å². The second kappa shape index (κ2) is 7.18. The topological polar surface area (TPSA) is 51.2 Å². The number of aromatic nitrogens is 1. The molecule has 1 aromatic heterocycles. The molecule has 126 valence electrons. The summed E-state index contributed by atoms with van der Waals surface area (Å²) in [4.78, 5) is 16.8. The Morgan fingerprint density at radius 2 is 1.76 bits per heavy atom. The van der Waals surface area contributed by atoms with E-state index in [2.05, 4.69) is 42.3 Å². The second-order valence-corrected chi connectivity index (χ2v) is 5.96. The molecule has 0 saturated heterocycles. The Hall–Kier alpha value is -3.14. The van der Waals surface area contributed by atoms with E-state index in [-0.39, 0.29) is 5.91 Å². The predicted molar refractivity (Wildman–Crippen MR) is 100 cm³/mol. The highest BCUT2D eigenvalue weighted by atomic mass is 16.5. The third kappa shape index (κ3) is 3.86. The lowest BCUT2D eigenvalue weighted by atomic mass is 9.99. The summed E-state index contributed by atoms with van der Waals surface area (Å²) in [6.07, 6.45) is 3.36. The zero-order valence-corrected chi connectivity index (χ0v) is 14.5. The summed E-state index contributed by atoms with van der Waals surface area (Å²) < 4.78 is 5.12. The van der Waals surface area contributed by atoms with Crippen molar-refractivity contribution in [1.82, 2.24) is 4.98 Å². The fraction of sp³-hybridized carbons (Fsp3) is 0.143. The zero-order valence-electron chi connectivity index (χ0n) is 14.5. The molecule has 1 amide bonds. The molecule has 0 bridgehead atoms. The lowest BCUT2D eigenvalue weighted by Crippen LogP contribution is -2.12. The van der Waals surface area contributed by atoms with Crippen LogP contribution in [0.1, 0.15) is 21.5 Å². The van der Waals surface area contributed by atoms with Crippen molar-refractivity contribution in [2.24, 2.45) is 0 Å². The first-order chi connectivity index (χ1) is 12.1. The normalized spacial score (nSPS) is 10.4. The molecular weight excluding hydrogens is 312 g/mol. The number of carbonyl (C=O) groups is 1. The Labute approximate surface area is 147 Å². The van der Waals surface area contributed by atoms with Gasteiger partial charge in [-0.25, -0.2) is 0 Å². The molecule has 1 heterocycles. The molecule has 1 N–H and O–H groups in total. The standard InChI is InChI=1S/C21H20N2O2/c1-14-4-5-15(2)20(10-14)16-11-17(13-22-12-16)21(24)23-18-6-8-19(25-3)9-7-18/h4-13H,1-3H3,(H,23,24). The highest BCUT2D eigenvalue weighted by Gasteiger charge is 2.10. The Morgan fingerprint density at radius 3 is 2.48 bits per heavy atom. The third-order valence-electron chi connectivity index (χ3n) is 4.05. The van der Waals surface area contributed by atoms with Crippen molar-refractivity contribution in [2.45, 2.75) is 13.8 Å². The number of aryl methyl sites for hydroxylation is 2. The SMILES string of the molecule is COc1ccc(NC(=O)c2cncc(-c3cc(C)ccc3C)c2)cc1. The Kier molecular flexibility index (Phi) is 4.80. The van der Waals surface area contributed by atoms with E-state index < -0.39 is 0 Å². The minimum absolute atomic E-state index is 0.190. The predicted octanol–water partition coefficient (Wildman–Crippen LogP) is 4.63. The summed E-state index contributed by atoms with van der Waals surface area (Å²) in [5.74, 6) is 0.557. The van der Waals surface area contributed by atoms with Gasteiger partial charge in [0.15, 0.2) is 0 Å². The van der Waals surface area contributed by atoms with Gasteiger partial charge in [0.25, 0.3) is 5.91 Å². The molecule has 0 aliphatic rings. The molecule has 0 unspecified atom stereocenters. The van der Waals surface area contributed by atoms with E-state index in [4.69, 9.17) is 4.74 Å². The fourth-order valence-corrected chi connectivity index (χ4v) is 2.64. The number of rotatable bonds is 4. The van der Waals surface area contributed by atoms with E-state index in [1.165, 1.54) is 5.56 Å². The van der Waals surface area contributed by atoms with Crippen LogP contribution in [0.4, 0.5) is 5.69 Å². The van der Waals surface area contributed by atoms with Gasteiger partial charge in [-0.3, -0.25) is 9.78 Å². The van der Waals surface area contributed by atoms with Crippen LogP contribution in [0.25, 0.3) is 11.1 Å². The fourth-order valence-electron chi connectivity index (χ4n) is 2.64. The largest absolute Gasteiger partial charge is 0.497 e. The molecule has 0 spiro atoms. The first kappa shape index (κ1) is 16.7. The highest BCUT2D eigenvalue weighted by Crippen LogP contribution is 2.25. The zero-order chi connectivity index (χ0) is 17.8. The summed E-state index contributed by atoms with van der Waals surface area (Å²) in [5, 5.41) is 2.88. The lowest BCUT2D eigenvalue weighted by Gasteiger charge is -2.10. The minimum atomic E-state index is -0.190. The van der Waals surface area contributed by atoms with Crippen LogP contribution in [0.2, 0.25) is 0 Å². The maximum Gasteiger partial charge on any atom is 0.257 e. The molecule has 0 aliphatic heterocycles. The number of hydrogen-bond acceptors (Lipinski definition) is 3. The highest BCUT2D eigenvalue weighted by molar-refractivity contribution is 6.04. The van der Waals surface area contributed by atoms with Gasteiger partial charge in [0.1, 0.15) is 5.75 Å². The van der Waals surface area contributed by atoms with Crippen LogP contribution in [-0.4, -0.2) is 18.0 Å². The van der Waals surface area contributed by atoms with Gasteiger partial charge in [-0.05, 0) is 55.3 Å². The quantitative estimate of drug-likeness (QED) is 0.758. The van der Waals surface area contributed by atoms with E-state index >= 15 is 0 Å². The van der Waals surface area contributed by atoms with Crippen LogP contribution < -0.4 is 10.1 Å². The number of anilines is 1. The molecule has 0 atom stereocenters. The van der Waals surface area contributed by atoms with Crippen molar-refractivity contribution in [3.8, 4) is 16.9 Å². The van der Waals surface area contributed by atoms with E-state index in [1.54, 1.807) is 43.8 Å². The number of pyridine rings is 1. The molecule has 2 aromatic carbocycles. The summed E-state index contributed by atoms with van der Waals surface area (Å²) in [6.45, 7) is 4.11. The third-order valence-corrected chi connectivity index (χ3v) is 4.05. The molecular formula is C21H20N2O2. The van der Waals surface area contributed by atoms with Crippen LogP contribution in [0.15, 0.2) is 60.9 Å². The molecule has 4 heteroatoms. The van der Waals surface area contributed by atoms with E-state index in [9.17, 15) is 4.79 Å². The van der Waals surface area contributed by atoms with Gasteiger partial charge < -0.3 is 10.1 Å². The lowest BCUT2D eigenvalue weighted by molar-refractivity contribution is 0.102. The van der Waals surface area contributed by atoms with Crippen molar-refractivity contribution in [1.29, 1.82) is 0 Å². The number of nitrogens with one attached hydrogen (secondary N) is 1. The van der Waals surface area contributed by atoms with Gasteiger partial charge in [0.05, 0.1) is 12.7 Å². The number of methoxy groups -OCH3 is 1. The van der Waals surface area contributed by atoms with Crippen LogP contribution in [0, 0.1) is 13.8 Å². The molecule has 0 fully saturated rings. The van der Waals surface area contributed by atoms with Gasteiger partial charge in [0.2, 0.25) is 0 Å². The van der Waals surface area contributed by atoms with Crippen LogP contribution in [-0.2, 0) is 0 Å². The van der Waals surface area contributed by atoms with E-state index in [1.807, 2.05) is 6.07 Å². The average molecular weight is 332 g/mol. The Balaban J connectivity index is 1.85. The number of benzene rings is 2. The van der Waals surface area contributed by atoms with E-state index in [0.717, 1.165) is 22.4 Å². The molecule has 25 heavy (non-hydrogen) atoms. The van der Waals surface area contributed by atoms with Crippen molar-refractivity contribution in [3.05, 3.63) is 77.6 Å². The summed E-state index contributed by atoms with van der Waals surface area (Å²) in [5.41, 5.74) is 5.58. The van der Waals surface area contributed by atoms with Crippen molar-refractivity contribution in [2.75, 3.05) is 12.4 Å². The van der Waals surface area contributed by atoms with Gasteiger partial charge in [0, 0.05) is 23.6 Å². The summed E-state index contributed by atoms with van der Waals surface area (Å²) in [6, 6.07) is 15.4. The van der Waals surface area contributed by atoms with Crippen molar-refractivity contribution in [3.63, 3.8) is 0 Å². The van der Waals surface area contributed by atoms with Crippen LogP contribution in [0.5, 0.6) is 5.75 Å². The van der Waals surface area contributed by atoms with Gasteiger partial charge in [-0.2, -0.15) is 0 Å². The van der Waals surface area contributed by atoms with Gasteiger partial charge in [-0.15, -0.1) is 0 Å². The summed E-state index contributed by atoms with van der Waals surface area (Å²) in [7, 11) is 1.61. The maximum absolute atomic E-state index is 12.5. The van der Waals surface area contributed by atoms with Crippen LogP contribution in [0.3, 0.4) is 0 Å². The molecule has 0 radical (unpaired) electrons.